The third-order valence-electron chi connectivity index (χ3n) is 5.24. The minimum atomic E-state index is -0.0953. The number of nitrogens with one attached hydrogen (secondary N) is 3. The van der Waals surface area contributed by atoms with Gasteiger partial charge in [-0.2, -0.15) is 0 Å². The van der Waals surface area contributed by atoms with Crippen LogP contribution in [0.1, 0.15) is 32.3 Å². The molecule has 0 spiro atoms. The highest BCUT2D eigenvalue weighted by molar-refractivity contribution is 6.05. The molecule has 3 N–H and O–H groups in total. The zero-order chi connectivity index (χ0) is 21.5. The Labute approximate surface area is 177 Å². The summed E-state index contributed by atoms with van der Waals surface area (Å²) in [5.41, 5.74) is 4.37. The summed E-state index contributed by atoms with van der Waals surface area (Å²) in [4.78, 5) is 15.6. The van der Waals surface area contributed by atoms with E-state index in [0.717, 1.165) is 46.3 Å². The standard InChI is InChI=1S/C24H28N4O2/c1-4-16(2)11-12-30-18-9-10-20-21(13-18)27-22(19-8-6-5-7-17(19)3)14-23(20)28-24(25)26-15-29/h5-10,13-16H,4,11-12H2,1-3H3,(H3,25,26,27,28,29). The van der Waals surface area contributed by atoms with Crippen molar-refractivity contribution in [3.63, 3.8) is 0 Å². The van der Waals surface area contributed by atoms with Crippen LogP contribution in [0.5, 0.6) is 5.75 Å². The average Bonchev–Trinajstić information content (AvgIpc) is 2.73. The van der Waals surface area contributed by atoms with Crippen LogP contribution in [-0.4, -0.2) is 24.0 Å². The van der Waals surface area contributed by atoms with Crippen molar-refractivity contribution in [2.45, 2.75) is 33.6 Å². The zero-order valence-electron chi connectivity index (χ0n) is 17.7. The number of amides is 1. The molecule has 1 atom stereocenters. The number of pyridine rings is 1. The van der Waals surface area contributed by atoms with E-state index >= 15 is 0 Å². The summed E-state index contributed by atoms with van der Waals surface area (Å²) in [5, 5.41) is 14.0. The molecule has 3 rings (SSSR count). The van der Waals surface area contributed by atoms with Crippen LogP contribution in [0.3, 0.4) is 0 Å². The minimum absolute atomic E-state index is 0.0953. The summed E-state index contributed by atoms with van der Waals surface area (Å²) in [7, 11) is 0. The lowest BCUT2D eigenvalue weighted by Crippen LogP contribution is -2.28. The molecule has 6 heteroatoms. The van der Waals surface area contributed by atoms with Gasteiger partial charge in [0.05, 0.1) is 23.5 Å². The summed E-state index contributed by atoms with van der Waals surface area (Å²) < 4.78 is 5.95. The first-order valence-corrected chi connectivity index (χ1v) is 10.2. The quantitative estimate of drug-likeness (QED) is 0.276. The first-order valence-electron chi connectivity index (χ1n) is 10.2. The molecule has 1 amide bonds. The van der Waals surface area contributed by atoms with E-state index in [9.17, 15) is 4.79 Å². The summed E-state index contributed by atoms with van der Waals surface area (Å²) >= 11 is 0. The van der Waals surface area contributed by atoms with E-state index in [1.165, 1.54) is 0 Å². The number of carbonyl (C=O) groups excluding carboxylic acids is 1. The fourth-order valence-corrected chi connectivity index (χ4v) is 3.21. The molecular formula is C24H28N4O2. The SMILES string of the molecule is CCC(C)CCOc1ccc2c(NC(=N)NC=O)cc(-c3ccccc3C)nc2c1. The second-order valence-corrected chi connectivity index (χ2v) is 7.46. The van der Waals surface area contributed by atoms with Gasteiger partial charge in [0.15, 0.2) is 5.96 Å². The highest BCUT2D eigenvalue weighted by atomic mass is 16.5. The first-order chi connectivity index (χ1) is 14.5. The fraction of sp³-hybridized carbons (Fsp3) is 0.292. The molecule has 0 aliphatic carbocycles. The van der Waals surface area contributed by atoms with Crippen molar-refractivity contribution >= 4 is 29.0 Å². The van der Waals surface area contributed by atoms with Gasteiger partial charge < -0.3 is 10.1 Å². The molecule has 156 valence electrons. The predicted octanol–water partition coefficient (Wildman–Crippen LogP) is 5.12. The van der Waals surface area contributed by atoms with Crippen LogP contribution in [0.4, 0.5) is 5.69 Å². The van der Waals surface area contributed by atoms with Crippen LogP contribution in [-0.2, 0) is 4.79 Å². The maximum atomic E-state index is 10.7. The molecule has 0 saturated heterocycles. The van der Waals surface area contributed by atoms with Crippen LogP contribution in [0.2, 0.25) is 0 Å². The molecular weight excluding hydrogens is 376 g/mol. The average molecular weight is 405 g/mol. The summed E-state index contributed by atoms with van der Waals surface area (Å²) in [6, 6.07) is 15.7. The normalized spacial score (nSPS) is 11.7. The number of guanidine groups is 1. The van der Waals surface area contributed by atoms with Gasteiger partial charge in [0, 0.05) is 17.0 Å². The second-order valence-electron chi connectivity index (χ2n) is 7.46. The number of nitrogens with zero attached hydrogens (tertiary/aromatic N) is 1. The molecule has 3 aromatic rings. The summed E-state index contributed by atoms with van der Waals surface area (Å²) in [6.45, 7) is 7.11. The van der Waals surface area contributed by atoms with Crippen molar-refractivity contribution in [1.29, 1.82) is 5.41 Å². The van der Waals surface area contributed by atoms with Gasteiger partial charge in [-0.25, -0.2) is 4.98 Å². The molecule has 0 saturated carbocycles. The second kappa shape index (κ2) is 9.87. The monoisotopic (exact) mass is 404 g/mol. The molecule has 0 aliphatic rings. The number of rotatable bonds is 8. The van der Waals surface area contributed by atoms with Crippen molar-refractivity contribution in [3.05, 3.63) is 54.1 Å². The molecule has 1 aromatic heterocycles. The van der Waals surface area contributed by atoms with Gasteiger partial charge in [0.25, 0.3) is 0 Å². The number of benzene rings is 2. The van der Waals surface area contributed by atoms with Crippen LogP contribution in [0.15, 0.2) is 48.5 Å². The van der Waals surface area contributed by atoms with Crippen LogP contribution in [0.25, 0.3) is 22.2 Å². The first kappa shape index (κ1) is 21.3. The summed E-state index contributed by atoms with van der Waals surface area (Å²) in [6.07, 6.45) is 2.62. The molecule has 0 bridgehead atoms. The van der Waals surface area contributed by atoms with Crippen molar-refractivity contribution < 1.29 is 9.53 Å². The maximum Gasteiger partial charge on any atom is 0.213 e. The van der Waals surface area contributed by atoms with E-state index in [4.69, 9.17) is 15.1 Å². The lowest BCUT2D eigenvalue weighted by molar-refractivity contribution is -0.108. The van der Waals surface area contributed by atoms with Gasteiger partial charge in [0.2, 0.25) is 6.41 Å². The molecule has 30 heavy (non-hydrogen) atoms. The number of ether oxygens (including phenoxy) is 1. The van der Waals surface area contributed by atoms with Crippen LogP contribution >= 0.6 is 0 Å². The Balaban J connectivity index is 2.00. The third-order valence-corrected chi connectivity index (χ3v) is 5.24. The number of aryl methyl sites for hydroxylation is 1. The Kier molecular flexibility index (Phi) is 7.01. The van der Waals surface area contributed by atoms with E-state index in [0.29, 0.717) is 24.6 Å². The van der Waals surface area contributed by atoms with Gasteiger partial charge in [-0.05, 0) is 43.0 Å². The summed E-state index contributed by atoms with van der Waals surface area (Å²) in [5.74, 6) is 1.30. The number of hydrogen-bond donors (Lipinski definition) is 3. The lowest BCUT2D eigenvalue weighted by atomic mass is 10.0. The molecule has 2 aromatic carbocycles. The molecule has 1 heterocycles. The topological polar surface area (TPSA) is 87.1 Å². The lowest BCUT2D eigenvalue weighted by Gasteiger charge is -2.15. The van der Waals surface area contributed by atoms with Crippen molar-refractivity contribution in [2.24, 2.45) is 5.92 Å². The Bertz CT molecular complexity index is 1050. The predicted molar refractivity (Wildman–Crippen MR) is 122 cm³/mol. The Morgan fingerprint density at radius 1 is 1.23 bits per heavy atom. The Morgan fingerprint density at radius 3 is 2.77 bits per heavy atom. The maximum absolute atomic E-state index is 10.7. The van der Waals surface area contributed by atoms with E-state index in [-0.39, 0.29) is 5.96 Å². The number of fused-ring (bicyclic) bond motifs is 1. The van der Waals surface area contributed by atoms with Gasteiger partial charge in [-0.3, -0.25) is 15.5 Å². The van der Waals surface area contributed by atoms with E-state index in [1.54, 1.807) is 0 Å². The highest BCUT2D eigenvalue weighted by Crippen LogP contribution is 2.32. The largest absolute Gasteiger partial charge is 0.494 e. The van der Waals surface area contributed by atoms with E-state index in [1.807, 2.05) is 55.5 Å². The number of anilines is 1. The fourth-order valence-electron chi connectivity index (χ4n) is 3.21. The smallest absolute Gasteiger partial charge is 0.213 e. The van der Waals surface area contributed by atoms with E-state index < -0.39 is 0 Å². The van der Waals surface area contributed by atoms with Crippen molar-refractivity contribution in [1.82, 2.24) is 10.3 Å². The Hall–Kier alpha value is -3.41. The van der Waals surface area contributed by atoms with Crippen molar-refractivity contribution in [2.75, 3.05) is 11.9 Å². The van der Waals surface area contributed by atoms with Gasteiger partial charge in [0.1, 0.15) is 5.75 Å². The van der Waals surface area contributed by atoms with Gasteiger partial charge in [-0.1, -0.05) is 44.5 Å². The van der Waals surface area contributed by atoms with Gasteiger partial charge in [-0.15, -0.1) is 0 Å². The highest BCUT2D eigenvalue weighted by Gasteiger charge is 2.12. The third kappa shape index (κ3) is 5.14. The zero-order valence-corrected chi connectivity index (χ0v) is 17.7. The molecule has 0 aliphatic heterocycles. The van der Waals surface area contributed by atoms with Crippen LogP contribution in [0, 0.1) is 18.3 Å². The number of carbonyl (C=O) groups is 1. The Morgan fingerprint density at radius 2 is 2.03 bits per heavy atom. The van der Waals surface area contributed by atoms with E-state index in [2.05, 4.69) is 24.5 Å². The van der Waals surface area contributed by atoms with Crippen LogP contribution < -0.4 is 15.4 Å². The molecule has 0 radical (unpaired) electrons. The minimum Gasteiger partial charge on any atom is -0.494 e. The number of aromatic nitrogens is 1. The number of hydrogen-bond acceptors (Lipinski definition) is 4. The molecule has 1 unspecified atom stereocenters. The molecule has 6 nitrogen and oxygen atoms in total. The van der Waals surface area contributed by atoms with Crippen molar-refractivity contribution in [3.8, 4) is 17.0 Å². The molecule has 0 fully saturated rings. The van der Waals surface area contributed by atoms with Gasteiger partial charge >= 0.3 is 0 Å².